The van der Waals surface area contributed by atoms with Crippen LogP contribution in [0, 0.1) is 12.3 Å². The molecular formula is C20H29N5O2. The van der Waals surface area contributed by atoms with Crippen LogP contribution in [0.15, 0.2) is 6.33 Å². The molecule has 0 radical (unpaired) electrons. The lowest BCUT2D eigenvalue weighted by atomic mass is 9.75. The molecule has 7 heteroatoms. The summed E-state index contributed by atoms with van der Waals surface area (Å²) in [6, 6.07) is -0.261. The van der Waals surface area contributed by atoms with Gasteiger partial charge in [-0.1, -0.05) is 20.8 Å². The molecule has 1 aliphatic rings. The molecular weight excluding hydrogens is 342 g/mol. The maximum absolute atomic E-state index is 12.9. The first-order valence-corrected chi connectivity index (χ1v) is 9.62. The number of nitrogens with zero attached hydrogens (tertiary/aromatic N) is 3. The van der Waals surface area contributed by atoms with Crippen molar-refractivity contribution in [3.63, 3.8) is 0 Å². The van der Waals surface area contributed by atoms with Gasteiger partial charge in [0.2, 0.25) is 5.91 Å². The Kier molecular flexibility index (Phi) is 5.22. The summed E-state index contributed by atoms with van der Waals surface area (Å²) in [5, 5.41) is 9.53. The van der Waals surface area contributed by atoms with E-state index in [-0.39, 0.29) is 29.6 Å². The number of hydrogen-bond donors (Lipinski definition) is 2. The third-order valence-electron chi connectivity index (χ3n) is 5.33. The van der Waals surface area contributed by atoms with Crippen molar-refractivity contribution < 1.29 is 9.59 Å². The van der Waals surface area contributed by atoms with Gasteiger partial charge in [-0.05, 0) is 37.7 Å². The van der Waals surface area contributed by atoms with Crippen molar-refractivity contribution >= 4 is 11.7 Å². The summed E-state index contributed by atoms with van der Waals surface area (Å²) in [7, 11) is 0. The van der Waals surface area contributed by atoms with E-state index in [0.29, 0.717) is 12.2 Å². The first-order valence-electron chi connectivity index (χ1n) is 9.62. The number of aromatic amines is 1. The highest BCUT2D eigenvalue weighted by Gasteiger charge is 2.36. The Hall–Kier alpha value is -2.44. The van der Waals surface area contributed by atoms with Crippen LogP contribution in [0.3, 0.4) is 0 Å². The first-order chi connectivity index (χ1) is 12.7. The van der Waals surface area contributed by atoms with Crippen LogP contribution in [0.25, 0.3) is 0 Å². The molecule has 1 atom stereocenters. The second-order valence-corrected chi connectivity index (χ2v) is 8.31. The maximum atomic E-state index is 12.9. The molecule has 0 saturated heterocycles. The van der Waals surface area contributed by atoms with Gasteiger partial charge in [-0.25, -0.2) is 4.98 Å². The van der Waals surface area contributed by atoms with Gasteiger partial charge in [-0.2, -0.15) is 5.10 Å². The third-order valence-corrected chi connectivity index (χ3v) is 5.33. The number of carbonyl (C=O) groups excluding carboxylic acids is 2. The van der Waals surface area contributed by atoms with Crippen LogP contribution < -0.4 is 5.32 Å². The molecule has 0 aromatic carbocycles. The van der Waals surface area contributed by atoms with Gasteiger partial charge in [0.1, 0.15) is 12.2 Å². The van der Waals surface area contributed by atoms with E-state index in [4.69, 9.17) is 0 Å². The standard InChI is InChI=1S/C20H29N5O2/c1-6-7-25-13(3)14(18-15(25)9-20(4,5)10-16(18)26)8-17(27)23-12(2)19-21-11-22-24-19/h11-12H,6-10H2,1-5H3,(H,23,27)(H,21,22,24). The Balaban J connectivity index is 1.89. The van der Waals surface area contributed by atoms with Crippen LogP contribution >= 0.6 is 0 Å². The zero-order valence-corrected chi connectivity index (χ0v) is 16.8. The quantitative estimate of drug-likeness (QED) is 0.816. The number of carbonyl (C=O) groups is 2. The predicted octanol–water partition coefficient (Wildman–Crippen LogP) is 2.90. The topological polar surface area (TPSA) is 92.7 Å². The Morgan fingerprint density at radius 1 is 1.41 bits per heavy atom. The van der Waals surface area contributed by atoms with Gasteiger partial charge in [-0.3, -0.25) is 14.7 Å². The largest absolute Gasteiger partial charge is 0.348 e. The highest BCUT2D eigenvalue weighted by atomic mass is 16.1. The van der Waals surface area contributed by atoms with Crippen molar-refractivity contribution in [1.82, 2.24) is 25.1 Å². The predicted molar refractivity (Wildman–Crippen MR) is 103 cm³/mol. The minimum Gasteiger partial charge on any atom is -0.348 e. The molecule has 27 heavy (non-hydrogen) atoms. The highest BCUT2D eigenvalue weighted by Crippen LogP contribution is 2.39. The molecule has 0 bridgehead atoms. The van der Waals surface area contributed by atoms with Crippen molar-refractivity contribution in [2.24, 2.45) is 5.41 Å². The van der Waals surface area contributed by atoms with Crippen LogP contribution in [0.2, 0.25) is 0 Å². The van der Waals surface area contributed by atoms with Gasteiger partial charge in [0.05, 0.1) is 12.5 Å². The van der Waals surface area contributed by atoms with Gasteiger partial charge in [0.15, 0.2) is 5.78 Å². The molecule has 146 valence electrons. The van der Waals surface area contributed by atoms with Crippen LogP contribution in [0.5, 0.6) is 0 Å². The van der Waals surface area contributed by atoms with E-state index in [1.165, 1.54) is 6.33 Å². The minimum absolute atomic E-state index is 0.0410. The summed E-state index contributed by atoms with van der Waals surface area (Å²) >= 11 is 0. The summed E-state index contributed by atoms with van der Waals surface area (Å²) in [6.45, 7) is 11.2. The van der Waals surface area contributed by atoms with Crippen molar-refractivity contribution in [2.75, 3.05) is 0 Å². The second kappa shape index (κ2) is 7.29. The Bertz CT molecular complexity index is 848. The average molecular weight is 371 g/mol. The normalized spacial score (nSPS) is 16.9. The van der Waals surface area contributed by atoms with Crippen LogP contribution in [0.1, 0.15) is 79.7 Å². The number of nitrogens with one attached hydrogen (secondary N) is 2. The van der Waals surface area contributed by atoms with Crippen molar-refractivity contribution in [2.45, 2.75) is 72.9 Å². The third kappa shape index (κ3) is 3.82. The monoisotopic (exact) mass is 371 g/mol. The number of hydrogen-bond acceptors (Lipinski definition) is 4. The molecule has 0 aliphatic heterocycles. The number of Topliss-reactive ketones (excluding diaryl/α,β-unsaturated/α-hetero) is 1. The number of fused-ring (bicyclic) bond motifs is 1. The smallest absolute Gasteiger partial charge is 0.225 e. The lowest BCUT2D eigenvalue weighted by Crippen LogP contribution is -2.31. The second-order valence-electron chi connectivity index (χ2n) is 8.31. The summed E-state index contributed by atoms with van der Waals surface area (Å²) < 4.78 is 2.25. The summed E-state index contributed by atoms with van der Waals surface area (Å²) in [4.78, 5) is 29.7. The molecule has 0 saturated carbocycles. The van der Waals surface area contributed by atoms with E-state index in [0.717, 1.165) is 41.9 Å². The molecule has 2 aromatic rings. The molecule has 2 heterocycles. The van der Waals surface area contributed by atoms with Gasteiger partial charge >= 0.3 is 0 Å². The Morgan fingerprint density at radius 3 is 2.78 bits per heavy atom. The van der Waals surface area contributed by atoms with Crippen molar-refractivity contribution in [1.29, 1.82) is 0 Å². The summed E-state index contributed by atoms with van der Waals surface area (Å²) in [5.74, 6) is 0.657. The maximum Gasteiger partial charge on any atom is 0.225 e. The molecule has 3 rings (SSSR count). The number of rotatable bonds is 6. The molecule has 2 N–H and O–H groups in total. The van der Waals surface area contributed by atoms with Gasteiger partial charge in [0.25, 0.3) is 0 Å². The number of H-pyrrole nitrogens is 1. The summed E-state index contributed by atoms with van der Waals surface area (Å²) in [6.07, 6.45) is 4.01. The van der Waals surface area contributed by atoms with E-state index in [1.807, 2.05) is 13.8 Å². The van der Waals surface area contributed by atoms with Crippen LogP contribution in [-0.2, 0) is 24.2 Å². The lowest BCUT2D eigenvalue weighted by molar-refractivity contribution is -0.121. The fourth-order valence-corrected chi connectivity index (χ4v) is 4.09. The Morgan fingerprint density at radius 2 is 2.15 bits per heavy atom. The van der Waals surface area contributed by atoms with Crippen LogP contribution in [0.4, 0.5) is 0 Å². The number of aromatic nitrogens is 4. The minimum atomic E-state index is -0.261. The first kappa shape index (κ1) is 19.3. The number of amides is 1. The molecule has 2 aromatic heterocycles. The highest BCUT2D eigenvalue weighted by molar-refractivity contribution is 6.01. The van der Waals surface area contributed by atoms with Gasteiger partial charge < -0.3 is 9.88 Å². The van der Waals surface area contributed by atoms with Gasteiger partial charge in [0, 0.05) is 29.9 Å². The van der Waals surface area contributed by atoms with E-state index in [9.17, 15) is 9.59 Å². The lowest BCUT2D eigenvalue weighted by Gasteiger charge is -2.30. The zero-order chi connectivity index (χ0) is 19.8. The Labute approximate surface area is 160 Å². The average Bonchev–Trinajstić information content (AvgIpc) is 3.17. The van der Waals surface area contributed by atoms with Crippen molar-refractivity contribution in [3.05, 3.63) is 34.7 Å². The molecule has 0 spiro atoms. The fourth-order valence-electron chi connectivity index (χ4n) is 4.09. The van der Waals surface area contributed by atoms with Crippen molar-refractivity contribution in [3.8, 4) is 0 Å². The summed E-state index contributed by atoms with van der Waals surface area (Å²) in [5.41, 5.74) is 3.75. The molecule has 1 unspecified atom stereocenters. The van der Waals surface area contributed by atoms with Gasteiger partial charge in [-0.15, -0.1) is 0 Å². The van der Waals surface area contributed by atoms with E-state index in [2.05, 4.69) is 45.8 Å². The van der Waals surface area contributed by atoms with E-state index >= 15 is 0 Å². The fraction of sp³-hybridized carbons (Fsp3) is 0.600. The van der Waals surface area contributed by atoms with E-state index < -0.39 is 0 Å². The zero-order valence-electron chi connectivity index (χ0n) is 16.8. The molecule has 0 fully saturated rings. The molecule has 1 aliphatic carbocycles. The van der Waals surface area contributed by atoms with Crippen LogP contribution in [-0.4, -0.2) is 31.4 Å². The SMILES string of the molecule is CCCn1c(C)c(CC(=O)NC(C)c2ncn[nH]2)c2c1CC(C)(C)CC2=O. The number of ketones is 1. The molecule has 7 nitrogen and oxygen atoms in total. The van der Waals surface area contributed by atoms with E-state index in [1.54, 1.807) is 0 Å². The molecule has 1 amide bonds.